The zero-order valence-corrected chi connectivity index (χ0v) is 10.7. The molecule has 2 N–H and O–H groups in total. The van der Waals surface area contributed by atoms with Crippen molar-refractivity contribution in [3.8, 4) is 6.07 Å². The van der Waals surface area contributed by atoms with Crippen LogP contribution >= 0.6 is 0 Å². The number of nitrogens with two attached hydrogens (primary N) is 1. The summed E-state index contributed by atoms with van der Waals surface area (Å²) < 4.78 is 4.76. The van der Waals surface area contributed by atoms with Gasteiger partial charge < -0.3 is 10.6 Å². The first kappa shape index (κ1) is 12.0. The second-order valence-corrected chi connectivity index (χ2v) is 4.35. The van der Waals surface area contributed by atoms with Gasteiger partial charge in [0.15, 0.2) is 11.0 Å². The average molecular weight is 265 g/mol. The van der Waals surface area contributed by atoms with E-state index in [4.69, 9.17) is 15.6 Å². The lowest BCUT2D eigenvalue weighted by Crippen LogP contribution is -2.10. The molecular weight excluding hydrogens is 254 g/mol. The number of rotatable bonds is 2. The van der Waals surface area contributed by atoms with Crippen LogP contribution < -0.4 is 10.6 Å². The highest BCUT2D eigenvalue weighted by Gasteiger charge is 2.14. The van der Waals surface area contributed by atoms with E-state index in [1.165, 1.54) is 0 Å². The summed E-state index contributed by atoms with van der Waals surface area (Å²) in [5, 5.41) is 16.5. The third-order valence-electron chi connectivity index (χ3n) is 3.17. The summed E-state index contributed by atoms with van der Waals surface area (Å²) in [6.07, 6.45) is 0. The number of anilines is 3. The molecule has 6 nitrogen and oxygen atoms in total. The van der Waals surface area contributed by atoms with Gasteiger partial charge in [0.25, 0.3) is 0 Å². The second-order valence-electron chi connectivity index (χ2n) is 4.35. The maximum atomic E-state index is 8.82. The van der Waals surface area contributed by atoms with E-state index in [1.807, 2.05) is 30.1 Å². The Morgan fingerprint density at radius 2 is 1.80 bits per heavy atom. The van der Waals surface area contributed by atoms with E-state index in [9.17, 15) is 0 Å². The highest BCUT2D eigenvalue weighted by atomic mass is 16.6. The van der Waals surface area contributed by atoms with Gasteiger partial charge in [-0.3, -0.25) is 0 Å². The molecule has 1 heterocycles. The zero-order chi connectivity index (χ0) is 14.1. The van der Waals surface area contributed by atoms with Gasteiger partial charge in [0.1, 0.15) is 0 Å². The Morgan fingerprint density at radius 3 is 2.50 bits per heavy atom. The molecule has 98 valence electrons. The van der Waals surface area contributed by atoms with Gasteiger partial charge in [-0.2, -0.15) is 5.26 Å². The molecule has 0 unspecified atom stereocenters. The quantitative estimate of drug-likeness (QED) is 0.715. The average Bonchev–Trinajstić information content (AvgIpc) is 2.97. The number of hydrogen-bond acceptors (Lipinski definition) is 6. The molecule has 20 heavy (non-hydrogen) atoms. The first-order chi connectivity index (χ1) is 9.70. The topological polar surface area (TPSA) is 92.0 Å². The van der Waals surface area contributed by atoms with Crippen LogP contribution in [0.3, 0.4) is 0 Å². The SMILES string of the molecule is CN(c1ccc(C#N)cc1)c1ccc(N)c2nonc12. The van der Waals surface area contributed by atoms with E-state index in [0.717, 1.165) is 11.4 Å². The molecule has 0 atom stereocenters. The van der Waals surface area contributed by atoms with Crippen molar-refractivity contribution < 1.29 is 4.63 Å². The monoisotopic (exact) mass is 265 g/mol. The van der Waals surface area contributed by atoms with Crippen LogP contribution in [0.2, 0.25) is 0 Å². The molecule has 0 aliphatic rings. The molecule has 0 radical (unpaired) electrons. The smallest absolute Gasteiger partial charge is 0.160 e. The fraction of sp³-hybridized carbons (Fsp3) is 0.0714. The number of nitriles is 1. The summed E-state index contributed by atoms with van der Waals surface area (Å²) in [5.74, 6) is 0. The van der Waals surface area contributed by atoms with Gasteiger partial charge >= 0.3 is 0 Å². The molecule has 3 rings (SSSR count). The normalized spacial score (nSPS) is 10.4. The van der Waals surface area contributed by atoms with Crippen molar-refractivity contribution in [1.29, 1.82) is 5.26 Å². The Kier molecular flexibility index (Phi) is 2.73. The first-order valence-electron chi connectivity index (χ1n) is 5.95. The Bertz CT molecular complexity index is 801. The third kappa shape index (κ3) is 1.82. The van der Waals surface area contributed by atoms with Gasteiger partial charge in [-0.1, -0.05) is 0 Å². The second kappa shape index (κ2) is 4.55. The standard InChI is InChI=1S/C14H11N5O/c1-19(10-4-2-9(8-15)3-5-10)12-7-6-11(16)13-14(12)18-20-17-13/h2-7H,16H2,1H3. The molecule has 0 spiro atoms. The number of nitrogens with zero attached hydrogens (tertiary/aromatic N) is 4. The highest BCUT2D eigenvalue weighted by molar-refractivity contribution is 5.96. The highest BCUT2D eigenvalue weighted by Crippen LogP contribution is 2.31. The number of nitrogen functional groups attached to an aromatic ring is 1. The van der Waals surface area contributed by atoms with Crippen molar-refractivity contribution in [2.75, 3.05) is 17.7 Å². The lowest BCUT2D eigenvalue weighted by Gasteiger charge is -2.19. The minimum Gasteiger partial charge on any atom is -0.397 e. The predicted octanol–water partition coefficient (Wildman–Crippen LogP) is 2.44. The summed E-state index contributed by atoms with van der Waals surface area (Å²) in [6, 6.07) is 13.0. The van der Waals surface area contributed by atoms with Crippen LogP contribution in [0.4, 0.5) is 17.1 Å². The van der Waals surface area contributed by atoms with E-state index in [-0.39, 0.29) is 0 Å². The van der Waals surface area contributed by atoms with Gasteiger partial charge in [-0.15, -0.1) is 0 Å². The van der Waals surface area contributed by atoms with Crippen molar-refractivity contribution in [2.45, 2.75) is 0 Å². The van der Waals surface area contributed by atoms with Gasteiger partial charge in [0, 0.05) is 12.7 Å². The minimum atomic E-state index is 0.526. The molecule has 0 amide bonds. The van der Waals surface area contributed by atoms with Crippen molar-refractivity contribution >= 4 is 28.1 Å². The Labute approximate surface area is 115 Å². The number of aromatic nitrogens is 2. The zero-order valence-electron chi connectivity index (χ0n) is 10.7. The van der Waals surface area contributed by atoms with Crippen molar-refractivity contribution in [1.82, 2.24) is 10.3 Å². The molecule has 0 aliphatic heterocycles. The summed E-state index contributed by atoms with van der Waals surface area (Å²) in [4.78, 5) is 1.94. The summed E-state index contributed by atoms with van der Waals surface area (Å²) in [7, 11) is 1.90. The van der Waals surface area contributed by atoms with Crippen LogP contribution in [-0.4, -0.2) is 17.4 Å². The summed E-state index contributed by atoms with van der Waals surface area (Å²) in [6.45, 7) is 0. The van der Waals surface area contributed by atoms with Crippen molar-refractivity contribution in [3.05, 3.63) is 42.0 Å². The molecule has 6 heteroatoms. The molecule has 0 fully saturated rings. The van der Waals surface area contributed by atoms with Crippen LogP contribution in [0.25, 0.3) is 11.0 Å². The molecule has 0 aliphatic carbocycles. The molecule has 0 bridgehead atoms. The lowest BCUT2D eigenvalue weighted by molar-refractivity contribution is 0.315. The molecule has 3 aromatic rings. The minimum absolute atomic E-state index is 0.526. The number of hydrogen-bond donors (Lipinski definition) is 1. The fourth-order valence-electron chi connectivity index (χ4n) is 2.04. The largest absolute Gasteiger partial charge is 0.397 e. The van der Waals surface area contributed by atoms with Crippen LogP contribution in [-0.2, 0) is 0 Å². The van der Waals surface area contributed by atoms with E-state index in [0.29, 0.717) is 22.3 Å². The van der Waals surface area contributed by atoms with Crippen LogP contribution in [0, 0.1) is 11.3 Å². The van der Waals surface area contributed by atoms with Crippen LogP contribution in [0.15, 0.2) is 41.0 Å². The van der Waals surface area contributed by atoms with Crippen LogP contribution in [0.5, 0.6) is 0 Å². The third-order valence-corrected chi connectivity index (χ3v) is 3.17. The molecule has 1 aromatic heterocycles. The number of benzene rings is 2. The van der Waals surface area contributed by atoms with Crippen molar-refractivity contribution in [3.63, 3.8) is 0 Å². The summed E-state index contributed by atoms with van der Waals surface area (Å²) in [5.41, 5.74) is 9.89. The van der Waals surface area contributed by atoms with E-state index in [2.05, 4.69) is 16.4 Å². The summed E-state index contributed by atoms with van der Waals surface area (Å²) >= 11 is 0. The molecular formula is C14H11N5O. The molecule has 0 saturated heterocycles. The Balaban J connectivity index is 2.08. The molecule has 2 aromatic carbocycles. The Morgan fingerprint density at radius 1 is 1.10 bits per heavy atom. The van der Waals surface area contributed by atoms with Gasteiger partial charge in [-0.25, -0.2) is 4.63 Å². The predicted molar refractivity (Wildman–Crippen MR) is 75.4 cm³/mol. The van der Waals surface area contributed by atoms with E-state index < -0.39 is 0 Å². The number of fused-ring (bicyclic) bond motifs is 1. The van der Waals surface area contributed by atoms with Gasteiger partial charge in [0.05, 0.1) is 23.0 Å². The van der Waals surface area contributed by atoms with E-state index in [1.54, 1.807) is 18.2 Å². The maximum Gasteiger partial charge on any atom is 0.160 e. The van der Waals surface area contributed by atoms with Gasteiger partial charge in [-0.05, 0) is 46.7 Å². The fourth-order valence-corrected chi connectivity index (χ4v) is 2.04. The maximum absolute atomic E-state index is 8.82. The van der Waals surface area contributed by atoms with Gasteiger partial charge in [0.2, 0.25) is 0 Å². The Hall–Kier alpha value is -3.07. The van der Waals surface area contributed by atoms with Crippen molar-refractivity contribution in [2.24, 2.45) is 0 Å². The molecule has 0 saturated carbocycles. The van der Waals surface area contributed by atoms with Crippen LogP contribution in [0.1, 0.15) is 5.56 Å². The first-order valence-corrected chi connectivity index (χ1v) is 5.95. The van der Waals surface area contributed by atoms with E-state index >= 15 is 0 Å². The lowest BCUT2D eigenvalue weighted by atomic mass is 10.2.